The summed E-state index contributed by atoms with van der Waals surface area (Å²) in [5.41, 5.74) is 1.82. The second-order valence-electron chi connectivity index (χ2n) is 5.70. The standard InChI is InChI=1S/C18H18F2N2O3/c1-24-16-7-11-5-6-22(10-12(11)8-17(16)25-2)18(23)21-15-9-13(19)3-4-14(15)20/h3-4,7-9H,5-6,10H2,1-2H3,(H,21,23). The van der Waals surface area contributed by atoms with Crippen molar-refractivity contribution in [2.75, 3.05) is 26.1 Å². The number of amides is 2. The van der Waals surface area contributed by atoms with Crippen molar-refractivity contribution >= 4 is 11.7 Å². The van der Waals surface area contributed by atoms with E-state index in [4.69, 9.17) is 9.47 Å². The Bertz CT molecular complexity index is 811. The maximum atomic E-state index is 13.7. The van der Waals surface area contributed by atoms with Crippen LogP contribution in [0, 0.1) is 11.6 Å². The number of hydrogen-bond acceptors (Lipinski definition) is 3. The number of carbonyl (C=O) groups excluding carboxylic acids is 1. The first-order valence-corrected chi connectivity index (χ1v) is 7.76. The molecule has 0 radical (unpaired) electrons. The first-order valence-electron chi connectivity index (χ1n) is 7.76. The minimum atomic E-state index is -0.682. The lowest BCUT2D eigenvalue weighted by Crippen LogP contribution is -2.39. The van der Waals surface area contributed by atoms with E-state index < -0.39 is 17.7 Å². The zero-order valence-electron chi connectivity index (χ0n) is 13.9. The second kappa shape index (κ2) is 6.96. The Hall–Kier alpha value is -2.83. The summed E-state index contributed by atoms with van der Waals surface area (Å²) in [6.45, 7) is 0.809. The smallest absolute Gasteiger partial charge is 0.322 e. The fraction of sp³-hybridized carbons (Fsp3) is 0.278. The molecule has 0 spiro atoms. The number of rotatable bonds is 3. The average molecular weight is 348 g/mol. The van der Waals surface area contributed by atoms with Gasteiger partial charge in [-0.25, -0.2) is 13.6 Å². The van der Waals surface area contributed by atoms with Gasteiger partial charge in [0.1, 0.15) is 11.6 Å². The van der Waals surface area contributed by atoms with Crippen molar-refractivity contribution in [3.8, 4) is 11.5 Å². The summed E-state index contributed by atoms with van der Waals surface area (Å²) in [5.74, 6) is -0.0725. The molecule has 0 aromatic heterocycles. The molecule has 0 saturated carbocycles. The third kappa shape index (κ3) is 3.50. The van der Waals surface area contributed by atoms with E-state index >= 15 is 0 Å². The summed E-state index contributed by atoms with van der Waals surface area (Å²) in [5, 5.41) is 2.42. The van der Waals surface area contributed by atoms with Crippen LogP contribution >= 0.6 is 0 Å². The van der Waals surface area contributed by atoms with Crippen LogP contribution in [-0.4, -0.2) is 31.7 Å². The van der Waals surface area contributed by atoms with Gasteiger partial charge in [0.05, 0.1) is 19.9 Å². The predicted molar refractivity (Wildman–Crippen MR) is 89.0 cm³/mol. The average Bonchev–Trinajstić information content (AvgIpc) is 2.62. The minimum Gasteiger partial charge on any atom is -0.493 e. The number of benzene rings is 2. The highest BCUT2D eigenvalue weighted by atomic mass is 19.1. The summed E-state index contributed by atoms with van der Waals surface area (Å²) < 4.78 is 37.5. The van der Waals surface area contributed by atoms with Crippen LogP contribution in [-0.2, 0) is 13.0 Å². The molecule has 132 valence electrons. The Morgan fingerprint density at radius 2 is 1.76 bits per heavy atom. The third-order valence-electron chi connectivity index (χ3n) is 4.18. The topological polar surface area (TPSA) is 50.8 Å². The maximum Gasteiger partial charge on any atom is 0.322 e. The van der Waals surface area contributed by atoms with E-state index in [1.165, 1.54) is 0 Å². The van der Waals surface area contributed by atoms with Crippen molar-refractivity contribution in [2.24, 2.45) is 0 Å². The predicted octanol–water partition coefficient (Wildman–Crippen LogP) is 3.57. The Kier molecular flexibility index (Phi) is 4.74. The zero-order valence-corrected chi connectivity index (χ0v) is 13.9. The van der Waals surface area contributed by atoms with Gasteiger partial charge < -0.3 is 19.7 Å². The van der Waals surface area contributed by atoms with Crippen molar-refractivity contribution in [1.29, 1.82) is 0 Å². The molecule has 1 aliphatic rings. The largest absolute Gasteiger partial charge is 0.493 e. The monoisotopic (exact) mass is 348 g/mol. The van der Waals surface area contributed by atoms with Gasteiger partial charge >= 0.3 is 6.03 Å². The molecule has 0 saturated heterocycles. The summed E-state index contributed by atoms with van der Waals surface area (Å²) in [4.78, 5) is 13.9. The molecule has 2 aromatic carbocycles. The maximum absolute atomic E-state index is 13.7. The van der Waals surface area contributed by atoms with Crippen LogP contribution in [0.5, 0.6) is 11.5 Å². The Morgan fingerprint density at radius 3 is 2.44 bits per heavy atom. The van der Waals surface area contributed by atoms with Gasteiger partial charge in [0, 0.05) is 19.2 Å². The molecule has 1 heterocycles. The highest BCUT2D eigenvalue weighted by molar-refractivity contribution is 5.89. The molecule has 1 N–H and O–H groups in total. The van der Waals surface area contributed by atoms with Crippen LogP contribution < -0.4 is 14.8 Å². The molecule has 2 aromatic rings. The van der Waals surface area contributed by atoms with Gasteiger partial charge in [0.15, 0.2) is 11.5 Å². The Balaban J connectivity index is 1.77. The molecule has 3 rings (SSSR count). The van der Waals surface area contributed by atoms with Crippen molar-refractivity contribution < 1.29 is 23.0 Å². The molecule has 0 aliphatic carbocycles. The molecule has 0 unspecified atom stereocenters. The summed E-state index contributed by atoms with van der Waals surface area (Å²) >= 11 is 0. The number of methoxy groups -OCH3 is 2. The molecular formula is C18H18F2N2O3. The van der Waals surface area contributed by atoms with E-state index in [0.717, 1.165) is 29.3 Å². The number of carbonyl (C=O) groups is 1. The number of hydrogen-bond donors (Lipinski definition) is 1. The number of halogens is 2. The van der Waals surface area contributed by atoms with Gasteiger partial charge in [-0.2, -0.15) is 0 Å². The molecule has 25 heavy (non-hydrogen) atoms. The molecule has 0 bridgehead atoms. The Morgan fingerprint density at radius 1 is 1.08 bits per heavy atom. The highest BCUT2D eigenvalue weighted by Crippen LogP contribution is 2.33. The van der Waals surface area contributed by atoms with Crippen LogP contribution in [0.1, 0.15) is 11.1 Å². The second-order valence-corrected chi connectivity index (χ2v) is 5.70. The van der Waals surface area contributed by atoms with Crippen molar-refractivity contribution in [2.45, 2.75) is 13.0 Å². The fourth-order valence-corrected chi connectivity index (χ4v) is 2.84. The molecule has 7 heteroatoms. The van der Waals surface area contributed by atoms with Crippen LogP contribution in [0.2, 0.25) is 0 Å². The first kappa shape index (κ1) is 17.0. The quantitative estimate of drug-likeness (QED) is 0.923. The van der Waals surface area contributed by atoms with Gasteiger partial charge in [0.2, 0.25) is 0 Å². The first-order chi connectivity index (χ1) is 12.0. The van der Waals surface area contributed by atoms with Crippen molar-refractivity contribution in [3.05, 3.63) is 53.1 Å². The fourth-order valence-electron chi connectivity index (χ4n) is 2.84. The summed E-state index contributed by atoms with van der Waals surface area (Å²) in [6, 6.07) is 6.19. The van der Waals surface area contributed by atoms with E-state index in [1.54, 1.807) is 19.1 Å². The normalized spacial score (nSPS) is 13.2. The lowest BCUT2D eigenvalue weighted by molar-refractivity contribution is 0.206. The van der Waals surface area contributed by atoms with Gasteiger partial charge in [-0.3, -0.25) is 0 Å². The number of urea groups is 1. The van der Waals surface area contributed by atoms with E-state index in [1.807, 2.05) is 12.1 Å². The Labute approximate surface area is 144 Å². The van der Waals surface area contributed by atoms with Crippen molar-refractivity contribution in [3.63, 3.8) is 0 Å². The number of nitrogens with one attached hydrogen (secondary N) is 1. The summed E-state index contributed by atoms with van der Waals surface area (Å²) in [7, 11) is 3.12. The van der Waals surface area contributed by atoms with Gasteiger partial charge in [-0.15, -0.1) is 0 Å². The van der Waals surface area contributed by atoms with Crippen LogP contribution in [0.15, 0.2) is 30.3 Å². The highest BCUT2D eigenvalue weighted by Gasteiger charge is 2.23. The van der Waals surface area contributed by atoms with Gasteiger partial charge in [-0.05, 0) is 41.8 Å². The van der Waals surface area contributed by atoms with Crippen LogP contribution in [0.25, 0.3) is 0 Å². The van der Waals surface area contributed by atoms with Gasteiger partial charge in [0.25, 0.3) is 0 Å². The molecule has 5 nitrogen and oxygen atoms in total. The van der Waals surface area contributed by atoms with Crippen LogP contribution in [0.3, 0.4) is 0 Å². The van der Waals surface area contributed by atoms with Crippen LogP contribution in [0.4, 0.5) is 19.3 Å². The minimum absolute atomic E-state index is 0.178. The molecule has 0 atom stereocenters. The number of nitrogens with zero attached hydrogens (tertiary/aromatic N) is 1. The zero-order chi connectivity index (χ0) is 18.0. The molecular weight excluding hydrogens is 330 g/mol. The number of ether oxygens (including phenoxy) is 2. The third-order valence-corrected chi connectivity index (χ3v) is 4.18. The number of fused-ring (bicyclic) bond motifs is 1. The number of anilines is 1. The lowest BCUT2D eigenvalue weighted by Gasteiger charge is -2.29. The van der Waals surface area contributed by atoms with E-state index in [-0.39, 0.29) is 5.69 Å². The molecule has 0 fully saturated rings. The summed E-state index contributed by atoms with van der Waals surface area (Å²) in [6.07, 6.45) is 0.634. The molecule has 1 aliphatic heterocycles. The van der Waals surface area contributed by atoms with Crippen molar-refractivity contribution in [1.82, 2.24) is 4.90 Å². The van der Waals surface area contributed by atoms with E-state index in [9.17, 15) is 13.6 Å². The van der Waals surface area contributed by atoms with E-state index in [0.29, 0.717) is 31.0 Å². The SMILES string of the molecule is COc1cc2c(cc1OC)CN(C(=O)Nc1cc(F)ccc1F)CC2. The van der Waals surface area contributed by atoms with E-state index in [2.05, 4.69) is 5.32 Å². The molecule has 2 amide bonds. The van der Waals surface area contributed by atoms with Gasteiger partial charge in [-0.1, -0.05) is 0 Å². The lowest BCUT2D eigenvalue weighted by atomic mass is 9.99.